The lowest BCUT2D eigenvalue weighted by Gasteiger charge is -2.43. The number of amides is 2. The van der Waals surface area contributed by atoms with Gasteiger partial charge in [0.15, 0.2) is 0 Å². The van der Waals surface area contributed by atoms with E-state index in [1.807, 2.05) is 54.3 Å². The van der Waals surface area contributed by atoms with Gasteiger partial charge in [-0.15, -0.1) is 0 Å². The molecule has 0 radical (unpaired) electrons. The maximum atomic E-state index is 13.4. The summed E-state index contributed by atoms with van der Waals surface area (Å²) in [5.41, 5.74) is 9.29. The third-order valence-electron chi connectivity index (χ3n) is 6.88. The highest BCUT2D eigenvalue weighted by Gasteiger charge is 2.32. The average molecular weight is 570 g/mol. The van der Waals surface area contributed by atoms with Crippen LogP contribution in [0.2, 0.25) is 10.0 Å². The third kappa shape index (κ3) is 6.49. The van der Waals surface area contributed by atoms with Gasteiger partial charge in [0, 0.05) is 55.0 Å². The quantitative estimate of drug-likeness (QED) is 0.356. The summed E-state index contributed by atoms with van der Waals surface area (Å²) >= 11 is 12.4. The number of rotatable bonds is 9. The van der Waals surface area contributed by atoms with Crippen LogP contribution in [-0.2, 0) is 0 Å². The molecule has 1 fully saturated rings. The van der Waals surface area contributed by atoms with Crippen molar-refractivity contribution in [1.29, 1.82) is 0 Å². The van der Waals surface area contributed by atoms with E-state index in [0.717, 1.165) is 29.0 Å². The van der Waals surface area contributed by atoms with E-state index in [0.29, 0.717) is 60.5 Å². The minimum Gasteiger partial charge on any atom is -0.493 e. The van der Waals surface area contributed by atoms with E-state index in [-0.39, 0.29) is 17.9 Å². The number of hydrogen-bond donors (Lipinski definition) is 2. The van der Waals surface area contributed by atoms with Crippen molar-refractivity contribution in [2.75, 3.05) is 44.2 Å². The van der Waals surface area contributed by atoms with E-state index >= 15 is 0 Å². The second-order valence-corrected chi connectivity index (χ2v) is 10.2. The van der Waals surface area contributed by atoms with Gasteiger partial charge in [-0.1, -0.05) is 54.4 Å². The fourth-order valence-electron chi connectivity index (χ4n) is 4.94. The monoisotopic (exact) mass is 568 g/mol. The van der Waals surface area contributed by atoms with Gasteiger partial charge < -0.3 is 25.6 Å². The number of para-hydroxylation sites is 1. The zero-order valence-electron chi connectivity index (χ0n) is 22.3. The minimum atomic E-state index is -0.188. The highest BCUT2D eigenvalue weighted by molar-refractivity contribution is 6.36. The van der Waals surface area contributed by atoms with Crippen LogP contribution in [0.25, 0.3) is 11.1 Å². The molecular weight excluding hydrogens is 535 g/mol. The normalized spacial score (nSPS) is 15.3. The topological polar surface area (TPSA) is 87.9 Å². The first-order chi connectivity index (χ1) is 18.9. The zero-order chi connectivity index (χ0) is 27.9. The molecule has 1 saturated heterocycles. The lowest BCUT2D eigenvalue weighted by molar-refractivity contribution is 0.0720. The molecule has 3 N–H and O–H groups in total. The maximum Gasteiger partial charge on any atom is 0.255 e. The highest BCUT2D eigenvalue weighted by atomic mass is 35.5. The molecule has 4 rings (SSSR count). The van der Waals surface area contributed by atoms with E-state index < -0.39 is 0 Å². The van der Waals surface area contributed by atoms with Crippen molar-refractivity contribution >= 4 is 40.7 Å². The second kappa shape index (κ2) is 13.2. The molecule has 39 heavy (non-hydrogen) atoms. The Labute approximate surface area is 239 Å². The maximum absolute atomic E-state index is 13.4. The number of nitrogens with zero attached hydrogens (tertiary/aromatic N) is 2. The Hall–Kier alpha value is -3.26. The van der Waals surface area contributed by atoms with Crippen LogP contribution >= 0.6 is 23.2 Å². The molecule has 1 aliphatic rings. The van der Waals surface area contributed by atoms with Crippen LogP contribution in [0.1, 0.15) is 41.0 Å². The summed E-state index contributed by atoms with van der Waals surface area (Å²) in [5, 5.41) is 3.75. The summed E-state index contributed by atoms with van der Waals surface area (Å²) < 4.78 is 5.84. The summed E-state index contributed by atoms with van der Waals surface area (Å²) in [7, 11) is 0. The van der Waals surface area contributed by atoms with Crippen LogP contribution in [0.4, 0.5) is 5.69 Å². The van der Waals surface area contributed by atoms with E-state index in [1.165, 1.54) is 0 Å². The molecule has 0 aromatic heterocycles. The minimum absolute atomic E-state index is 0.0106. The number of anilines is 1. The Bertz CT molecular complexity index is 1330. The van der Waals surface area contributed by atoms with Crippen molar-refractivity contribution in [2.24, 2.45) is 5.73 Å². The van der Waals surface area contributed by atoms with Crippen molar-refractivity contribution in [2.45, 2.75) is 26.3 Å². The van der Waals surface area contributed by atoms with Crippen LogP contribution in [0.3, 0.4) is 0 Å². The molecule has 1 atom stereocenters. The summed E-state index contributed by atoms with van der Waals surface area (Å²) in [4.78, 5) is 30.7. The largest absolute Gasteiger partial charge is 0.493 e. The van der Waals surface area contributed by atoms with Gasteiger partial charge in [0.25, 0.3) is 11.8 Å². The Morgan fingerprint density at radius 2 is 1.82 bits per heavy atom. The molecule has 0 aliphatic carbocycles. The smallest absolute Gasteiger partial charge is 0.255 e. The van der Waals surface area contributed by atoms with E-state index in [4.69, 9.17) is 33.7 Å². The Balaban J connectivity index is 1.66. The molecule has 9 heteroatoms. The van der Waals surface area contributed by atoms with E-state index in [1.54, 1.807) is 18.2 Å². The van der Waals surface area contributed by atoms with Crippen LogP contribution < -0.4 is 20.7 Å². The second-order valence-electron chi connectivity index (χ2n) is 9.34. The number of carbonyl (C=O) groups is 2. The molecule has 2 amide bonds. The van der Waals surface area contributed by atoms with Gasteiger partial charge in [0.2, 0.25) is 0 Å². The van der Waals surface area contributed by atoms with Crippen molar-refractivity contribution in [3.05, 3.63) is 81.8 Å². The standard InChI is InChI=1S/C30H34Cl2N4O3/c1-3-22-19-35(30(38)24-11-10-21(31)18-26(24)32)15-16-36(22)27-12-9-20(17-25(27)29(37)34-14-13-33)23-7-5-6-8-28(23)39-4-2/h5-12,17-18,22H,3-4,13-16,19,33H2,1-2H3,(H,34,37). The first-order valence-electron chi connectivity index (χ1n) is 13.2. The summed E-state index contributed by atoms with van der Waals surface area (Å²) in [6.45, 7) is 6.87. The molecule has 3 aromatic carbocycles. The van der Waals surface area contributed by atoms with Crippen LogP contribution in [0.15, 0.2) is 60.7 Å². The van der Waals surface area contributed by atoms with Gasteiger partial charge in [0.1, 0.15) is 5.75 Å². The van der Waals surface area contributed by atoms with Crippen LogP contribution in [0.5, 0.6) is 5.75 Å². The first-order valence-corrected chi connectivity index (χ1v) is 14.0. The van der Waals surface area contributed by atoms with Gasteiger partial charge in [-0.2, -0.15) is 0 Å². The van der Waals surface area contributed by atoms with Crippen LogP contribution in [-0.4, -0.2) is 62.1 Å². The fourth-order valence-corrected chi connectivity index (χ4v) is 5.43. The lowest BCUT2D eigenvalue weighted by Crippen LogP contribution is -2.55. The number of hydrogen-bond acceptors (Lipinski definition) is 5. The Kier molecular flexibility index (Phi) is 9.73. The molecule has 1 heterocycles. The fraction of sp³-hybridized carbons (Fsp3) is 0.333. The molecule has 1 unspecified atom stereocenters. The third-order valence-corrected chi connectivity index (χ3v) is 7.43. The number of carbonyl (C=O) groups excluding carboxylic acids is 2. The Morgan fingerprint density at radius 3 is 2.54 bits per heavy atom. The molecule has 3 aromatic rings. The van der Waals surface area contributed by atoms with E-state index in [9.17, 15) is 9.59 Å². The SMILES string of the molecule is CCOc1ccccc1-c1ccc(N2CCN(C(=O)c3ccc(Cl)cc3Cl)CC2CC)c(C(=O)NCCN)c1. The average Bonchev–Trinajstić information content (AvgIpc) is 2.95. The van der Waals surface area contributed by atoms with Crippen molar-refractivity contribution in [1.82, 2.24) is 10.2 Å². The van der Waals surface area contributed by atoms with Gasteiger partial charge >= 0.3 is 0 Å². The van der Waals surface area contributed by atoms with Crippen LogP contribution in [0, 0.1) is 0 Å². The Morgan fingerprint density at radius 1 is 1.03 bits per heavy atom. The van der Waals surface area contributed by atoms with Crippen molar-refractivity contribution in [3.63, 3.8) is 0 Å². The summed E-state index contributed by atoms with van der Waals surface area (Å²) in [6.07, 6.45) is 0.789. The molecule has 0 bridgehead atoms. The van der Waals surface area contributed by atoms with Crippen molar-refractivity contribution < 1.29 is 14.3 Å². The number of nitrogens with one attached hydrogen (secondary N) is 1. The zero-order valence-corrected chi connectivity index (χ0v) is 23.8. The first kappa shape index (κ1) is 28.7. The number of ether oxygens (including phenoxy) is 1. The molecular formula is C30H34Cl2N4O3. The predicted molar refractivity (Wildman–Crippen MR) is 158 cm³/mol. The van der Waals surface area contributed by atoms with E-state index in [2.05, 4.69) is 17.1 Å². The molecule has 7 nitrogen and oxygen atoms in total. The number of nitrogens with two attached hydrogens (primary N) is 1. The summed E-state index contributed by atoms with van der Waals surface area (Å²) in [6, 6.07) is 18.7. The number of piperazine rings is 1. The number of benzene rings is 3. The lowest BCUT2D eigenvalue weighted by atomic mass is 9.98. The van der Waals surface area contributed by atoms with Gasteiger partial charge in [-0.3, -0.25) is 9.59 Å². The highest BCUT2D eigenvalue weighted by Crippen LogP contribution is 2.35. The summed E-state index contributed by atoms with van der Waals surface area (Å²) in [5.74, 6) is 0.451. The molecule has 0 spiro atoms. The van der Waals surface area contributed by atoms with Gasteiger partial charge in [-0.25, -0.2) is 0 Å². The number of halogens is 2. The predicted octanol–water partition coefficient (Wildman–Crippen LogP) is 5.49. The van der Waals surface area contributed by atoms with Gasteiger partial charge in [-0.05, 0) is 55.3 Å². The van der Waals surface area contributed by atoms with Gasteiger partial charge in [0.05, 0.1) is 22.8 Å². The molecule has 0 saturated carbocycles. The molecule has 206 valence electrons. The molecule has 1 aliphatic heterocycles. The van der Waals surface area contributed by atoms with Crippen molar-refractivity contribution in [3.8, 4) is 16.9 Å².